The minimum Gasteiger partial charge on any atom is -0.337 e. The van der Waals surface area contributed by atoms with Crippen molar-refractivity contribution < 1.29 is 4.79 Å². The van der Waals surface area contributed by atoms with Gasteiger partial charge in [-0.15, -0.1) is 0 Å². The van der Waals surface area contributed by atoms with Gasteiger partial charge in [-0.1, -0.05) is 25.5 Å². The van der Waals surface area contributed by atoms with Crippen molar-refractivity contribution in [3.8, 4) is 0 Å². The molecule has 2 fully saturated rings. The van der Waals surface area contributed by atoms with Crippen molar-refractivity contribution in [2.24, 2.45) is 0 Å². The lowest BCUT2D eigenvalue weighted by Crippen LogP contribution is -2.58. The zero-order chi connectivity index (χ0) is 17.4. The van der Waals surface area contributed by atoms with E-state index < -0.39 is 0 Å². The Hall–Kier alpha value is -1.88. The maximum atomic E-state index is 12.7. The van der Waals surface area contributed by atoms with Crippen LogP contribution in [0.25, 0.3) is 11.0 Å². The van der Waals surface area contributed by atoms with Crippen LogP contribution in [0.4, 0.5) is 0 Å². The maximum absolute atomic E-state index is 12.7. The number of carbonyl (C=O) groups excluding carboxylic acids is 1. The Balaban J connectivity index is 1.62. The zero-order valence-electron chi connectivity index (χ0n) is 15.3. The molecule has 2 aliphatic rings. The van der Waals surface area contributed by atoms with Crippen molar-refractivity contribution >= 4 is 16.9 Å². The quantitative estimate of drug-likeness (QED) is 0.840. The van der Waals surface area contributed by atoms with Crippen LogP contribution in [0, 0.1) is 0 Å². The molecule has 5 heteroatoms. The number of aryl methyl sites for hydroxylation is 1. The lowest BCUT2D eigenvalue weighted by molar-refractivity contribution is -0.143. The molecule has 0 N–H and O–H groups in total. The Labute approximate surface area is 149 Å². The van der Waals surface area contributed by atoms with Crippen LogP contribution in [0.3, 0.4) is 0 Å². The predicted octanol–water partition coefficient (Wildman–Crippen LogP) is 3.03. The predicted molar refractivity (Wildman–Crippen MR) is 99.2 cm³/mol. The number of nitrogens with zero attached hydrogens (tertiary/aromatic N) is 4. The van der Waals surface area contributed by atoms with E-state index in [4.69, 9.17) is 4.98 Å². The first kappa shape index (κ1) is 16.6. The lowest BCUT2D eigenvalue weighted by Gasteiger charge is -2.41. The third-order valence-corrected chi connectivity index (χ3v) is 5.82. The Morgan fingerprint density at radius 1 is 1.28 bits per heavy atom. The minimum absolute atomic E-state index is 0.0474. The van der Waals surface area contributed by atoms with Gasteiger partial charge in [0, 0.05) is 25.7 Å². The molecular weight excluding hydrogens is 312 g/mol. The Morgan fingerprint density at radius 2 is 2.12 bits per heavy atom. The number of imidazole rings is 1. The number of fused-ring (bicyclic) bond motifs is 2. The number of unbranched alkanes of at least 4 members (excludes halogenated alkanes) is 1. The third-order valence-electron chi connectivity index (χ3n) is 5.82. The van der Waals surface area contributed by atoms with Crippen LogP contribution in [-0.2, 0) is 17.9 Å². The van der Waals surface area contributed by atoms with E-state index >= 15 is 0 Å². The van der Waals surface area contributed by atoms with Crippen LogP contribution in [0.2, 0.25) is 0 Å². The van der Waals surface area contributed by atoms with E-state index in [2.05, 4.69) is 46.4 Å². The molecule has 0 saturated carbocycles. The number of amides is 1. The van der Waals surface area contributed by atoms with Gasteiger partial charge in [0.05, 0.1) is 23.6 Å². The summed E-state index contributed by atoms with van der Waals surface area (Å²) in [6, 6.07) is 8.73. The molecule has 1 amide bonds. The summed E-state index contributed by atoms with van der Waals surface area (Å²) in [4.78, 5) is 22.0. The SMILES string of the molecule is CCCCn1c(CN2C[C@@H]3CCCN3C(=O)[C@H]2C)nc2ccccc21. The summed E-state index contributed by atoms with van der Waals surface area (Å²) in [5.74, 6) is 1.39. The van der Waals surface area contributed by atoms with Crippen LogP contribution >= 0.6 is 0 Å². The molecule has 0 spiro atoms. The Morgan fingerprint density at radius 3 is 2.96 bits per heavy atom. The first-order valence-corrected chi connectivity index (χ1v) is 9.67. The number of carbonyl (C=O) groups is 1. The van der Waals surface area contributed by atoms with Gasteiger partial charge in [-0.25, -0.2) is 4.98 Å². The van der Waals surface area contributed by atoms with Crippen molar-refractivity contribution in [2.75, 3.05) is 13.1 Å². The largest absolute Gasteiger partial charge is 0.337 e. The fourth-order valence-corrected chi connectivity index (χ4v) is 4.34. The normalized spacial score (nSPS) is 24.2. The molecule has 5 nitrogen and oxygen atoms in total. The van der Waals surface area contributed by atoms with Gasteiger partial charge in [-0.2, -0.15) is 0 Å². The third kappa shape index (κ3) is 2.95. The fourth-order valence-electron chi connectivity index (χ4n) is 4.34. The standard InChI is InChI=1S/C20H28N4O/c1-3-4-11-24-18-10-6-5-9-17(18)21-19(24)14-22-13-16-8-7-12-23(16)20(25)15(22)2/h5-6,9-10,15-16H,3-4,7-8,11-14H2,1-2H3/t15-,16+/m1/s1. The van der Waals surface area contributed by atoms with Gasteiger partial charge >= 0.3 is 0 Å². The smallest absolute Gasteiger partial charge is 0.239 e. The van der Waals surface area contributed by atoms with Gasteiger partial charge < -0.3 is 9.47 Å². The molecule has 0 radical (unpaired) electrons. The zero-order valence-corrected chi connectivity index (χ0v) is 15.3. The van der Waals surface area contributed by atoms with Gasteiger partial charge in [0.15, 0.2) is 0 Å². The second-order valence-corrected chi connectivity index (χ2v) is 7.46. The highest BCUT2D eigenvalue weighted by Crippen LogP contribution is 2.27. The molecule has 1 aromatic heterocycles. The van der Waals surface area contributed by atoms with E-state index in [-0.39, 0.29) is 6.04 Å². The first-order valence-electron chi connectivity index (χ1n) is 9.67. The number of hydrogen-bond donors (Lipinski definition) is 0. The molecule has 0 unspecified atom stereocenters. The summed E-state index contributed by atoms with van der Waals surface area (Å²) in [5.41, 5.74) is 2.27. The number of benzene rings is 1. The molecule has 0 aliphatic carbocycles. The van der Waals surface area contributed by atoms with Crippen LogP contribution < -0.4 is 0 Å². The molecule has 3 heterocycles. The van der Waals surface area contributed by atoms with Crippen LogP contribution in [0.1, 0.15) is 45.4 Å². The van der Waals surface area contributed by atoms with Gasteiger partial charge in [0.25, 0.3) is 0 Å². The number of para-hydroxylation sites is 2. The van der Waals surface area contributed by atoms with E-state index in [1.165, 1.54) is 11.9 Å². The molecule has 2 atom stereocenters. The number of rotatable bonds is 5. The van der Waals surface area contributed by atoms with E-state index in [9.17, 15) is 4.79 Å². The maximum Gasteiger partial charge on any atom is 0.239 e. The fraction of sp³-hybridized carbons (Fsp3) is 0.600. The molecular formula is C20H28N4O. The molecule has 4 rings (SSSR count). The molecule has 2 aliphatic heterocycles. The van der Waals surface area contributed by atoms with Crippen LogP contribution in [0.15, 0.2) is 24.3 Å². The molecule has 2 saturated heterocycles. The first-order chi connectivity index (χ1) is 12.2. The summed E-state index contributed by atoms with van der Waals surface area (Å²) in [6.45, 7) is 7.95. The molecule has 2 aromatic rings. The lowest BCUT2D eigenvalue weighted by atomic mass is 10.1. The average Bonchev–Trinajstić information content (AvgIpc) is 3.22. The van der Waals surface area contributed by atoms with Gasteiger partial charge in [0.2, 0.25) is 5.91 Å². The summed E-state index contributed by atoms with van der Waals surface area (Å²) < 4.78 is 2.36. The summed E-state index contributed by atoms with van der Waals surface area (Å²) in [6.07, 6.45) is 4.60. The van der Waals surface area contributed by atoms with Crippen LogP contribution in [-0.4, -0.2) is 50.4 Å². The van der Waals surface area contributed by atoms with Crippen molar-refractivity contribution in [3.05, 3.63) is 30.1 Å². The van der Waals surface area contributed by atoms with E-state index in [0.29, 0.717) is 11.9 Å². The van der Waals surface area contributed by atoms with Gasteiger partial charge in [0.1, 0.15) is 5.82 Å². The topological polar surface area (TPSA) is 41.4 Å². The van der Waals surface area contributed by atoms with E-state index in [1.807, 2.05) is 6.07 Å². The Kier molecular flexibility index (Phi) is 4.50. The molecule has 1 aromatic carbocycles. The highest BCUT2D eigenvalue weighted by molar-refractivity contribution is 5.83. The van der Waals surface area contributed by atoms with Crippen molar-refractivity contribution in [1.29, 1.82) is 0 Å². The second-order valence-electron chi connectivity index (χ2n) is 7.46. The van der Waals surface area contributed by atoms with Gasteiger partial charge in [-0.05, 0) is 38.3 Å². The molecule has 25 heavy (non-hydrogen) atoms. The number of hydrogen-bond acceptors (Lipinski definition) is 3. The summed E-state index contributed by atoms with van der Waals surface area (Å²) >= 11 is 0. The van der Waals surface area contributed by atoms with Crippen molar-refractivity contribution in [1.82, 2.24) is 19.4 Å². The van der Waals surface area contributed by atoms with Gasteiger partial charge in [-0.3, -0.25) is 9.69 Å². The average molecular weight is 340 g/mol. The summed E-state index contributed by atoms with van der Waals surface area (Å²) in [5, 5.41) is 0. The minimum atomic E-state index is -0.0474. The van der Waals surface area contributed by atoms with E-state index in [0.717, 1.165) is 56.8 Å². The molecule has 0 bridgehead atoms. The second kappa shape index (κ2) is 6.79. The number of aromatic nitrogens is 2. The monoisotopic (exact) mass is 340 g/mol. The molecule has 134 valence electrons. The van der Waals surface area contributed by atoms with Crippen molar-refractivity contribution in [3.63, 3.8) is 0 Å². The highest BCUT2D eigenvalue weighted by atomic mass is 16.2. The summed E-state index contributed by atoms with van der Waals surface area (Å²) in [7, 11) is 0. The van der Waals surface area contributed by atoms with Crippen molar-refractivity contribution in [2.45, 2.75) is 64.7 Å². The highest BCUT2D eigenvalue weighted by Gasteiger charge is 2.40. The van der Waals surface area contributed by atoms with E-state index in [1.54, 1.807) is 0 Å². The number of piperazine rings is 1. The Bertz CT molecular complexity index is 768. The van der Waals surface area contributed by atoms with Crippen LogP contribution in [0.5, 0.6) is 0 Å².